The number of hydrogen-bond donors (Lipinski definition) is 1. The van der Waals surface area contributed by atoms with Gasteiger partial charge < -0.3 is 4.74 Å². The zero-order valence-corrected chi connectivity index (χ0v) is 16.9. The van der Waals surface area contributed by atoms with Crippen LogP contribution in [-0.4, -0.2) is 18.2 Å². The maximum atomic E-state index is 12.2. The quantitative estimate of drug-likeness (QED) is 0.330. The second kappa shape index (κ2) is 10.8. The van der Waals surface area contributed by atoms with Crippen molar-refractivity contribution in [1.29, 1.82) is 0 Å². The molecule has 0 aromatic heterocycles. The van der Waals surface area contributed by atoms with Crippen LogP contribution in [-0.2, 0) is 0 Å². The number of unbranched alkanes of at least 4 members (excludes halogenated alkanes) is 3. The van der Waals surface area contributed by atoms with Gasteiger partial charge in [0, 0.05) is 10.0 Å². The van der Waals surface area contributed by atoms with Crippen LogP contribution in [0.4, 0.5) is 0 Å². The molecule has 0 fully saturated rings. The number of carbonyl (C=O) groups excluding carboxylic acids is 1. The topological polar surface area (TPSA) is 50.7 Å². The predicted octanol–water partition coefficient (Wildman–Crippen LogP) is 5.56. The molecule has 0 heterocycles. The molecule has 0 aliphatic carbocycles. The molecule has 138 valence electrons. The Morgan fingerprint density at radius 2 is 1.65 bits per heavy atom. The summed E-state index contributed by atoms with van der Waals surface area (Å²) in [5.41, 5.74) is 4.85. The number of hydrazone groups is 1. The first-order chi connectivity index (χ1) is 12.6. The van der Waals surface area contributed by atoms with E-state index in [4.69, 9.17) is 4.74 Å². The number of nitrogens with one attached hydrogen (secondary N) is 1. The molecule has 2 aromatic carbocycles. The molecule has 0 saturated heterocycles. The lowest BCUT2D eigenvalue weighted by Crippen LogP contribution is -2.19. The van der Waals surface area contributed by atoms with Crippen LogP contribution in [0.3, 0.4) is 0 Å². The van der Waals surface area contributed by atoms with Crippen LogP contribution in [0.5, 0.6) is 5.75 Å². The molecular weight excluding hydrogens is 392 g/mol. The van der Waals surface area contributed by atoms with Crippen molar-refractivity contribution in [2.45, 2.75) is 39.5 Å². The summed E-state index contributed by atoms with van der Waals surface area (Å²) in [7, 11) is 0. The van der Waals surface area contributed by atoms with Crippen LogP contribution in [0.25, 0.3) is 0 Å². The van der Waals surface area contributed by atoms with Gasteiger partial charge in [-0.2, -0.15) is 5.10 Å². The molecule has 26 heavy (non-hydrogen) atoms. The Morgan fingerprint density at radius 1 is 1.00 bits per heavy atom. The number of hydrogen-bond acceptors (Lipinski definition) is 3. The Bertz CT molecular complexity index is 725. The molecule has 0 bridgehead atoms. The van der Waals surface area contributed by atoms with Crippen LogP contribution in [0.1, 0.15) is 55.5 Å². The Labute approximate surface area is 163 Å². The van der Waals surface area contributed by atoms with E-state index < -0.39 is 0 Å². The number of carbonyl (C=O) groups is 1. The molecule has 0 spiro atoms. The van der Waals surface area contributed by atoms with E-state index in [0.29, 0.717) is 12.2 Å². The monoisotopic (exact) mass is 416 g/mol. The number of nitrogens with zero attached hydrogens (tertiary/aromatic N) is 1. The van der Waals surface area contributed by atoms with Crippen molar-refractivity contribution in [3.05, 3.63) is 64.1 Å². The van der Waals surface area contributed by atoms with Crippen molar-refractivity contribution in [3.8, 4) is 5.75 Å². The van der Waals surface area contributed by atoms with E-state index in [1.54, 1.807) is 12.1 Å². The smallest absolute Gasteiger partial charge is 0.271 e. The molecule has 0 unspecified atom stereocenters. The summed E-state index contributed by atoms with van der Waals surface area (Å²) >= 11 is 3.40. The lowest BCUT2D eigenvalue weighted by atomic mass is 10.1. The van der Waals surface area contributed by atoms with Crippen molar-refractivity contribution in [2.24, 2.45) is 5.10 Å². The van der Waals surface area contributed by atoms with Gasteiger partial charge in [-0.15, -0.1) is 0 Å². The van der Waals surface area contributed by atoms with Gasteiger partial charge in [-0.25, -0.2) is 5.43 Å². The van der Waals surface area contributed by atoms with Crippen LogP contribution < -0.4 is 10.2 Å². The summed E-state index contributed by atoms with van der Waals surface area (Å²) in [6.45, 7) is 4.76. The van der Waals surface area contributed by atoms with Crippen molar-refractivity contribution in [3.63, 3.8) is 0 Å². The minimum atomic E-state index is -0.240. The fourth-order valence-electron chi connectivity index (χ4n) is 2.38. The predicted molar refractivity (Wildman–Crippen MR) is 110 cm³/mol. The van der Waals surface area contributed by atoms with Gasteiger partial charge in [0.25, 0.3) is 5.91 Å². The first-order valence-corrected chi connectivity index (χ1v) is 9.73. The second-order valence-corrected chi connectivity index (χ2v) is 6.99. The second-order valence-electron chi connectivity index (χ2n) is 6.08. The lowest BCUT2D eigenvalue weighted by Gasteiger charge is -2.07. The van der Waals surface area contributed by atoms with Gasteiger partial charge in [0.1, 0.15) is 5.75 Å². The zero-order chi connectivity index (χ0) is 18.8. The van der Waals surface area contributed by atoms with Gasteiger partial charge in [0.2, 0.25) is 0 Å². The number of benzene rings is 2. The molecule has 0 aliphatic heterocycles. The fourth-order valence-corrected chi connectivity index (χ4v) is 2.64. The lowest BCUT2D eigenvalue weighted by molar-refractivity contribution is 0.0955. The number of amides is 1. The molecule has 5 heteroatoms. The highest BCUT2D eigenvalue weighted by molar-refractivity contribution is 9.10. The number of halogens is 1. The maximum Gasteiger partial charge on any atom is 0.271 e. The Morgan fingerprint density at radius 3 is 2.31 bits per heavy atom. The van der Waals surface area contributed by atoms with Gasteiger partial charge >= 0.3 is 0 Å². The normalized spacial score (nSPS) is 11.3. The highest BCUT2D eigenvalue weighted by Gasteiger charge is 2.05. The van der Waals surface area contributed by atoms with Gasteiger partial charge in [-0.05, 0) is 55.3 Å². The van der Waals surface area contributed by atoms with Crippen LogP contribution in [0.2, 0.25) is 0 Å². The average Bonchev–Trinajstić information content (AvgIpc) is 2.66. The first-order valence-electron chi connectivity index (χ1n) is 8.93. The third kappa shape index (κ3) is 6.64. The average molecular weight is 417 g/mol. The summed E-state index contributed by atoms with van der Waals surface area (Å²) in [5, 5.41) is 4.17. The van der Waals surface area contributed by atoms with Crippen molar-refractivity contribution in [1.82, 2.24) is 5.43 Å². The number of rotatable bonds is 9. The SMILES string of the molecule is CCCCCCOc1ccc(C(=O)NN=C(C)c2ccc(Br)cc2)cc1. The van der Waals surface area contributed by atoms with Crippen LogP contribution in [0, 0.1) is 0 Å². The molecule has 2 aromatic rings. The van der Waals surface area contributed by atoms with E-state index in [2.05, 4.69) is 33.4 Å². The van der Waals surface area contributed by atoms with E-state index >= 15 is 0 Å². The standard InChI is InChI=1S/C21H25BrN2O2/c1-3-4-5-6-15-26-20-13-9-18(10-14-20)21(25)24-23-16(2)17-7-11-19(22)12-8-17/h7-14H,3-6,15H2,1-2H3,(H,24,25). The first kappa shape index (κ1) is 20.2. The van der Waals surface area contributed by atoms with E-state index in [-0.39, 0.29) is 5.91 Å². The van der Waals surface area contributed by atoms with Gasteiger partial charge in [-0.1, -0.05) is 54.2 Å². The minimum Gasteiger partial charge on any atom is -0.494 e. The van der Waals surface area contributed by atoms with Crippen molar-refractivity contribution in [2.75, 3.05) is 6.61 Å². The Hall–Kier alpha value is -2.14. The molecule has 4 nitrogen and oxygen atoms in total. The third-order valence-corrected chi connectivity index (χ3v) is 4.50. The minimum absolute atomic E-state index is 0.240. The zero-order valence-electron chi connectivity index (χ0n) is 15.3. The largest absolute Gasteiger partial charge is 0.494 e. The molecular formula is C21H25BrN2O2. The van der Waals surface area contributed by atoms with E-state index in [1.807, 2.05) is 43.3 Å². The van der Waals surface area contributed by atoms with Gasteiger partial charge in [0.05, 0.1) is 12.3 Å². The third-order valence-electron chi connectivity index (χ3n) is 3.97. The molecule has 1 N–H and O–H groups in total. The van der Waals surface area contributed by atoms with E-state index in [9.17, 15) is 4.79 Å². The van der Waals surface area contributed by atoms with Crippen molar-refractivity contribution >= 4 is 27.5 Å². The van der Waals surface area contributed by atoms with E-state index in [1.165, 1.54) is 19.3 Å². The molecule has 2 rings (SSSR count). The molecule has 0 saturated carbocycles. The summed E-state index contributed by atoms with van der Waals surface area (Å²) in [6.07, 6.45) is 4.70. The molecule has 1 amide bonds. The summed E-state index contributed by atoms with van der Waals surface area (Å²) < 4.78 is 6.70. The van der Waals surface area contributed by atoms with Crippen molar-refractivity contribution < 1.29 is 9.53 Å². The summed E-state index contributed by atoms with van der Waals surface area (Å²) in [4.78, 5) is 12.2. The Kier molecular flexibility index (Phi) is 8.35. The van der Waals surface area contributed by atoms with Crippen LogP contribution in [0.15, 0.2) is 58.1 Å². The van der Waals surface area contributed by atoms with Crippen LogP contribution >= 0.6 is 15.9 Å². The van der Waals surface area contributed by atoms with Gasteiger partial charge in [0.15, 0.2) is 0 Å². The highest BCUT2D eigenvalue weighted by Crippen LogP contribution is 2.14. The molecule has 0 radical (unpaired) electrons. The highest BCUT2D eigenvalue weighted by atomic mass is 79.9. The van der Waals surface area contributed by atoms with Gasteiger partial charge in [-0.3, -0.25) is 4.79 Å². The number of ether oxygens (including phenoxy) is 1. The Balaban J connectivity index is 1.85. The van der Waals surface area contributed by atoms with E-state index in [0.717, 1.165) is 27.9 Å². The summed E-state index contributed by atoms with van der Waals surface area (Å²) in [5.74, 6) is 0.545. The fraction of sp³-hybridized carbons (Fsp3) is 0.333. The molecule has 0 atom stereocenters. The maximum absolute atomic E-state index is 12.2. The molecule has 0 aliphatic rings. The summed E-state index contributed by atoms with van der Waals surface area (Å²) in [6, 6.07) is 14.9.